The van der Waals surface area contributed by atoms with Crippen LogP contribution in [0.25, 0.3) is 0 Å². The molecule has 7 heteroatoms. The first-order valence-electron chi connectivity index (χ1n) is 9.49. The largest absolute Gasteiger partial charge is 0.496 e. The van der Waals surface area contributed by atoms with Gasteiger partial charge in [0.25, 0.3) is 0 Å². The zero-order valence-electron chi connectivity index (χ0n) is 16.9. The van der Waals surface area contributed by atoms with Crippen LogP contribution in [0, 0.1) is 0 Å². The second kappa shape index (κ2) is 9.88. The molecule has 0 bridgehead atoms. The highest BCUT2D eigenvalue weighted by molar-refractivity contribution is 8.01. The van der Waals surface area contributed by atoms with Gasteiger partial charge in [0.05, 0.1) is 12.4 Å². The summed E-state index contributed by atoms with van der Waals surface area (Å²) in [4.78, 5) is 28.5. The number of carbonyl (C=O) groups is 2. The minimum Gasteiger partial charge on any atom is -0.496 e. The summed E-state index contributed by atoms with van der Waals surface area (Å²) in [6, 6.07) is 7.90. The highest BCUT2D eigenvalue weighted by Gasteiger charge is 2.40. The van der Waals surface area contributed by atoms with Gasteiger partial charge < -0.3 is 19.9 Å². The van der Waals surface area contributed by atoms with E-state index in [2.05, 4.69) is 5.32 Å². The molecule has 0 radical (unpaired) electrons. The Balaban J connectivity index is 2.05. The minimum atomic E-state index is -0.0835. The van der Waals surface area contributed by atoms with E-state index < -0.39 is 0 Å². The zero-order valence-corrected chi connectivity index (χ0v) is 17.7. The van der Waals surface area contributed by atoms with Gasteiger partial charge in [0.15, 0.2) is 0 Å². The molecule has 27 heavy (non-hydrogen) atoms. The third-order valence-electron chi connectivity index (χ3n) is 4.56. The molecule has 0 aromatic heterocycles. The van der Waals surface area contributed by atoms with Crippen LogP contribution in [0.5, 0.6) is 5.75 Å². The molecule has 1 N–H and O–H groups in total. The molecule has 1 aliphatic rings. The van der Waals surface area contributed by atoms with E-state index in [1.807, 2.05) is 49.9 Å². The maximum Gasteiger partial charge on any atom is 0.317 e. The molecule has 0 unspecified atom stereocenters. The first-order valence-corrected chi connectivity index (χ1v) is 10.4. The topological polar surface area (TPSA) is 61.9 Å². The van der Waals surface area contributed by atoms with E-state index in [4.69, 9.17) is 4.74 Å². The summed E-state index contributed by atoms with van der Waals surface area (Å²) >= 11 is 1.69. The summed E-state index contributed by atoms with van der Waals surface area (Å²) in [5.41, 5.74) is 1.03. The molecular formula is C20H31N3O3S. The van der Waals surface area contributed by atoms with E-state index in [1.165, 1.54) is 0 Å². The van der Waals surface area contributed by atoms with Crippen LogP contribution in [0.1, 0.15) is 44.6 Å². The molecule has 2 rings (SSSR count). The van der Waals surface area contributed by atoms with E-state index in [1.54, 1.807) is 30.8 Å². The van der Waals surface area contributed by atoms with Crippen molar-refractivity contribution < 1.29 is 14.3 Å². The quantitative estimate of drug-likeness (QED) is 0.734. The van der Waals surface area contributed by atoms with E-state index >= 15 is 0 Å². The molecule has 1 heterocycles. The van der Waals surface area contributed by atoms with Crippen LogP contribution >= 0.6 is 11.8 Å². The van der Waals surface area contributed by atoms with E-state index in [0.717, 1.165) is 24.2 Å². The Morgan fingerprint density at radius 2 is 2.07 bits per heavy atom. The van der Waals surface area contributed by atoms with Crippen molar-refractivity contribution in [3.63, 3.8) is 0 Å². The molecule has 1 aliphatic heterocycles. The number of carbonyl (C=O) groups excluding carboxylic acids is 2. The van der Waals surface area contributed by atoms with Crippen LogP contribution in [0.2, 0.25) is 0 Å². The number of ether oxygens (including phenoxy) is 1. The predicted octanol–water partition coefficient (Wildman–Crippen LogP) is 3.49. The number of urea groups is 1. The Morgan fingerprint density at radius 1 is 1.37 bits per heavy atom. The monoisotopic (exact) mass is 393 g/mol. The lowest BCUT2D eigenvalue weighted by Gasteiger charge is -2.26. The standard InChI is InChI=1S/C20H31N3O3S/c1-6-17-18(24)23(13-9-12-22(4)20(25)21-14(2)3)19(27-17)15-10-7-8-11-16(15)26-5/h7-8,10-11,14,17,19H,6,9,12-13H2,1-5H3,(H,21,25)/t17-,19+/m0/s1. The van der Waals surface area contributed by atoms with Crippen LogP contribution < -0.4 is 10.1 Å². The van der Waals surface area contributed by atoms with Crippen molar-refractivity contribution in [2.24, 2.45) is 0 Å². The van der Waals surface area contributed by atoms with Gasteiger partial charge in [0.2, 0.25) is 5.91 Å². The fourth-order valence-electron chi connectivity index (χ4n) is 3.13. The molecule has 1 saturated heterocycles. The van der Waals surface area contributed by atoms with Gasteiger partial charge >= 0.3 is 6.03 Å². The predicted molar refractivity (Wildman–Crippen MR) is 110 cm³/mol. The van der Waals surface area contributed by atoms with Gasteiger partial charge in [-0.3, -0.25) is 4.79 Å². The number of methoxy groups -OCH3 is 1. The van der Waals surface area contributed by atoms with Crippen LogP contribution in [-0.4, -0.2) is 60.3 Å². The van der Waals surface area contributed by atoms with Gasteiger partial charge in [-0.15, -0.1) is 11.8 Å². The smallest absolute Gasteiger partial charge is 0.317 e. The molecule has 1 aromatic rings. The SMILES string of the molecule is CC[C@@H]1S[C@H](c2ccccc2OC)N(CCCN(C)C(=O)NC(C)C)C1=O. The number of amides is 3. The third kappa shape index (κ3) is 5.31. The van der Waals surface area contributed by atoms with Crippen LogP contribution in [-0.2, 0) is 4.79 Å². The summed E-state index contributed by atoms with van der Waals surface area (Å²) in [7, 11) is 3.44. The zero-order chi connectivity index (χ0) is 20.0. The van der Waals surface area contributed by atoms with Crippen LogP contribution in [0.3, 0.4) is 0 Å². The summed E-state index contributed by atoms with van der Waals surface area (Å²) in [5, 5.41) is 2.81. The van der Waals surface area contributed by atoms with Gasteiger partial charge in [-0.2, -0.15) is 0 Å². The number of para-hydroxylation sites is 1. The van der Waals surface area contributed by atoms with Crippen molar-refractivity contribution in [1.82, 2.24) is 15.1 Å². The van der Waals surface area contributed by atoms with Gasteiger partial charge in [-0.1, -0.05) is 25.1 Å². The number of rotatable bonds is 8. The Morgan fingerprint density at radius 3 is 2.70 bits per heavy atom. The molecule has 1 fully saturated rings. The Bertz CT molecular complexity index is 653. The van der Waals surface area contributed by atoms with Gasteiger partial charge in [-0.25, -0.2) is 4.79 Å². The average Bonchev–Trinajstić information content (AvgIpc) is 2.96. The highest BCUT2D eigenvalue weighted by atomic mass is 32.2. The molecule has 0 saturated carbocycles. The van der Waals surface area contributed by atoms with Gasteiger partial charge in [0.1, 0.15) is 11.1 Å². The molecule has 6 nitrogen and oxygen atoms in total. The third-order valence-corrected chi connectivity index (χ3v) is 6.19. The number of thioether (sulfide) groups is 1. The lowest BCUT2D eigenvalue weighted by molar-refractivity contribution is -0.130. The first-order chi connectivity index (χ1) is 12.9. The number of nitrogens with one attached hydrogen (secondary N) is 1. The summed E-state index contributed by atoms with van der Waals surface area (Å²) in [6.07, 6.45) is 1.54. The Hall–Kier alpha value is -1.89. The molecule has 150 valence electrons. The molecule has 2 atom stereocenters. The minimum absolute atomic E-state index is 0.0260. The van der Waals surface area contributed by atoms with E-state index in [0.29, 0.717) is 13.1 Å². The maximum atomic E-state index is 12.8. The number of nitrogens with zero attached hydrogens (tertiary/aromatic N) is 2. The fourth-order valence-corrected chi connectivity index (χ4v) is 4.59. The molecular weight excluding hydrogens is 362 g/mol. The number of hydrogen-bond acceptors (Lipinski definition) is 4. The summed E-state index contributed by atoms with van der Waals surface area (Å²) < 4.78 is 5.51. The van der Waals surface area contributed by atoms with Crippen molar-refractivity contribution in [3.8, 4) is 5.75 Å². The van der Waals surface area contributed by atoms with E-state index in [9.17, 15) is 9.59 Å². The van der Waals surface area contributed by atoms with Gasteiger partial charge in [0, 0.05) is 31.7 Å². The molecule has 3 amide bonds. The van der Waals surface area contributed by atoms with Crippen LogP contribution in [0.4, 0.5) is 4.79 Å². The second-order valence-electron chi connectivity index (χ2n) is 7.04. The normalized spacial score (nSPS) is 19.5. The van der Waals surface area contributed by atoms with Crippen molar-refractivity contribution in [2.45, 2.75) is 50.3 Å². The Kier molecular flexibility index (Phi) is 7.83. The summed E-state index contributed by atoms with van der Waals surface area (Å²) in [5.74, 6) is 0.977. The van der Waals surface area contributed by atoms with Crippen molar-refractivity contribution in [1.29, 1.82) is 0 Å². The number of benzene rings is 1. The van der Waals surface area contributed by atoms with Crippen molar-refractivity contribution in [2.75, 3.05) is 27.2 Å². The average molecular weight is 394 g/mol. The maximum absolute atomic E-state index is 12.8. The highest BCUT2D eigenvalue weighted by Crippen LogP contribution is 2.46. The second-order valence-corrected chi connectivity index (χ2v) is 8.33. The lowest BCUT2D eigenvalue weighted by Crippen LogP contribution is -2.42. The van der Waals surface area contributed by atoms with Crippen molar-refractivity contribution >= 4 is 23.7 Å². The molecule has 0 aliphatic carbocycles. The van der Waals surface area contributed by atoms with Crippen LogP contribution in [0.15, 0.2) is 24.3 Å². The summed E-state index contributed by atoms with van der Waals surface area (Å²) in [6.45, 7) is 7.14. The Labute approximate surface area is 166 Å². The number of hydrogen-bond donors (Lipinski definition) is 1. The molecule has 1 aromatic carbocycles. The fraction of sp³-hybridized carbons (Fsp3) is 0.600. The first kappa shape index (κ1) is 21.4. The van der Waals surface area contributed by atoms with Crippen molar-refractivity contribution in [3.05, 3.63) is 29.8 Å². The van der Waals surface area contributed by atoms with E-state index in [-0.39, 0.29) is 28.6 Å². The lowest BCUT2D eigenvalue weighted by atomic mass is 10.1. The molecule has 0 spiro atoms. The van der Waals surface area contributed by atoms with Gasteiger partial charge in [-0.05, 0) is 32.8 Å².